The van der Waals surface area contributed by atoms with Crippen molar-refractivity contribution in [2.45, 2.75) is 32.4 Å². The second-order valence-corrected chi connectivity index (χ2v) is 3.90. The van der Waals surface area contributed by atoms with Crippen LogP contribution < -0.4 is 5.32 Å². The molecule has 1 aromatic heterocycles. The molecule has 0 radical (unpaired) electrons. The Morgan fingerprint density at radius 3 is 2.81 bits per heavy atom. The first kappa shape index (κ1) is 13.2. The smallest absolute Gasteiger partial charge is 0.120 e. The van der Waals surface area contributed by atoms with Gasteiger partial charge in [0.25, 0.3) is 0 Å². The van der Waals surface area contributed by atoms with Crippen LogP contribution in [0.5, 0.6) is 0 Å². The van der Waals surface area contributed by atoms with Crippen LogP contribution in [-0.2, 0) is 11.2 Å². The minimum absolute atomic E-state index is 0.104. The molecule has 4 nitrogen and oxygen atoms in total. The van der Waals surface area contributed by atoms with Gasteiger partial charge in [0.05, 0.1) is 18.8 Å². The van der Waals surface area contributed by atoms with Gasteiger partial charge in [0.1, 0.15) is 11.5 Å². The van der Waals surface area contributed by atoms with Gasteiger partial charge in [-0.1, -0.05) is 6.92 Å². The summed E-state index contributed by atoms with van der Waals surface area (Å²) in [7, 11) is 1.58. The SMILES string of the molecule is CCc1ccc(C(C)NCC(O)COC)o1. The van der Waals surface area contributed by atoms with Gasteiger partial charge in [0, 0.05) is 20.1 Å². The third-order valence-corrected chi connectivity index (χ3v) is 2.48. The summed E-state index contributed by atoms with van der Waals surface area (Å²) in [6, 6.07) is 4.06. The maximum atomic E-state index is 9.48. The molecule has 0 aromatic carbocycles. The van der Waals surface area contributed by atoms with Crippen LogP contribution in [0.1, 0.15) is 31.4 Å². The van der Waals surface area contributed by atoms with Crippen molar-refractivity contribution in [2.24, 2.45) is 0 Å². The largest absolute Gasteiger partial charge is 0.464 e. The minimum atomic E-state index is -0.479. The van der Waals surface area contributed by atoms with E-state index in [1.165, 1.54) is 0 Å². The fourth-order valence-corrected chi connectivity index (χ4v) is 1.48. The van der Waals surface area contributed by atoms with Crippen LogP contribution in [0.4, 0.5) is 0 Å². The van der Waals surface area contributed by atoms with Gasteiger partial charge in [-0.15, -0.1) is 0 Å². The first-order valence-corrected chi connectivity index (χ1v) is 5.66. The number of furan rings is 1. The highest BCUT2D eigenvalue weighted by Crippen LogP contribution is 2.16. The second-order valence-electron chi connectivity index (χ2n) is 3.90. The average Bonchev–Trinajstić information content (AvgIpc) is 2.75. The summed E-state index contributed by atoms with van der Waals surface area (Å²) in [5, 5.41) is 12.7. The van der Waals surface area contributed by atoms with Crippen LogP contribution in [-0.4, -0.2) is 31.5 Å². The first-order valence-electron chi connectivity index (χ1n) is 5.66. The molecule has 16 heavy (non-hydrogen) atoms. The van der Waals surface area contributed by atoms with E-state index in [2.05, 4.69) is 12.2 Å². The van der Waals surface area contributed by atoms with Gasteiger partial charge in [-0.3, -0.25) is 0 Å². The Morgan fingerprint density at radius 1 is 1.50 bits per heavy atom. The Bertz CT molecular complexity index is 298. The highest BCUT2D eigenvalue weighted by atomic mass is 16.5. The standard InChI is InChI=1S/C12H21NO3/c1-4-11-5-6-12(16-11)9(2)13-7-10(14)8-15-3/h5-6,9-10,13-14H,4,7-8H2,1-3H3. The van der Waals surface area contributed by atoms with E-state index in [0.717, 1.165) is 17.9 Å². The van der Waals surface area contributed by atoms with Gasteiger partial charge < -0.3 is 19.6 Å². The number of ether oxygens (including phenoxy) is 1. The van der Waals surface area contributed by atoms with Gasteiger partial charge in [-0.2, -0.15) is 0 Å². The molecule has 1 aromatic rings. The summed E-state index contributed by atoms with van der Waals surface area (Å²) < 4.78 is 10.5. The van der Waals surface area contributed by atoms with Crippen LogP contribution in [0.2, 0.25) is 0 Å². The molecular formula is C12H21NO3. The van der Waals surface area contributed by atoms with Crippen molar-refractivity contribution in [3.63, 3.8) is 0 Å². The Kier molecular flexibility index (Phi) is 5.52. The monoisotopic (exact) mass is 227 g/mol. The molecule has 0 amide bonds. The van der Waals surface area contributed by atoms with Gasteiger partial charge in [-0.25, -0.2) is 0 Å². The van der Waals surface area contributed by atoms with Crippen LogP contribution in [0, 0.1) is 0 Å². The molecular weight excluding hydrogens is 206 g/mol. The number of rotatable bonds is 7. The fraction of sp³-hybridized carbons (Fsp3) is 0.667. The molecule has 1 heterocycles. The third kappa shape index (κ3) is 3.96. The van der Waals surface area contributed by atoms with Gasteiger partial charge in [0.15, 0.2) is 0 Å². The highest BCUT2D eigenvalue weighted by Gasteiger charge is 2.11. The summed E-state index contributed by atoms with van der Waals surface area (Å²) in [5.41, 5.74) is 0. The molecule has 0 fully saturated rings. The Balaban J connectivity index is 2.37. The van der Waals surface area contributed by atoms with Crippen LogP contribution in [0.3, 0.4) is 0 Å². The minimum Gasteiger partial charge on any atom is -0.464 e. The zero-order valence-electron chi connectivity index (χ0n) is 10.2. The lowest BCUT2D eigenvalue weighted by molar-refractivity contribution is 0.0626. The van der Waals surface area contributed by atoms with Crippen molar-refractivity contribution < 1.29 is 14.3 Å². The zero-order chi connectivity index (χ0) is 12.0. The van der Waals surface area contributed by atoms with Crippen molar-refractivity contribution >= 4 is 0 Å². The van der Waals surface area contributed by atoms with E-state index < -0.39 is 6.10 Å². The molecule has 0 saturated heterocycles. The molecule has 0 saturated carbocycles. The maximum Gasteiger partial charge on any atom is 0.120 e. The molecule has 2 unspecified atom stereocenters. The quantitative estimate of drug-likeness (QED) is 0.741. The van der Waals surface area contributed by atoms with E-state index in [4.69, 9.17) is 9.15 Å². The molecule has 0 aliphatic heterocycles. The Morgan fingerprint density at radius 2 is 2.25 bits per heavy atom. The average molecular weight is 227 g/mol. The number of nitrogens with one attached hydrogen (secondary N) is 1. The number of aryl methyl sites for hydroxylation is 1. The maximum absolute atomic E-state index is 9.48. The molecule has 1 rings (SSSR count). The summed E-state index contributed by atoms with van der Waals surface area (Å²) >= 11 is 0. The number of hydrogen-bond donors (Lipinski definition) is 2. The molecule has 0 bridgehead atoms. The lowest BCUT2D eigenvalue weighted by Gasteiger charge is -2.14. The van der Waals surface area contributed by atoms with Crippen molar-refractivity contribution in [3.8, 4) is 0 Å². The molecule has 4 heteroatoms. The lowest BCUT2D eigenvalue weighted by Crippen LogP contribution is -2.31. The Labute approximate surface area is 96.6 Å². The van der Waals surface area contributed by atoms with Crippen molar-refractivity contribution in [2.75, 3.05) is 20.3 Å². The van der Waals surface area contributed by atoms with Crippen LogP contribution in [0.25, 0.3) is 0 Å². The molecule has 92 valence electrons. The van der Waals surface area contributed by atoms with E-state index in [1.54, 1.807) is 7.11 Å². The zero-order valence-corrected chi connectivity index (χ0v) is 10.2. The Hall–Kier alpha value is -0.840. The van der Waals surface area contributed by atoms with E-state index in [9.17, 15) is 5.11 Å². The normalized spacial score (nSPS) is 15.0. The summed E-state index contributed by atoms with van der Waals surface area (Å²) in [6.45, 7) is 4.91. The van der Waals surface area contributed by atoms with Gasteiger partial charge >= 0.3 is 0 Å². The van der Waals surface area contributed by atoms with Gasteiger partial charge in [-0.05, 0) is 19.1 Å². The second kappa shape index (κ2) is 6.68. The molecule has 0 spiro atoms. The molecule has 2 N–H and O–H groups in total. The van der Waals surface area contributed by atoms with E-state index in [-0.39, 0.29) is 6.04 Å². The lowest BCUT2D eigenvalue weighted by atomic mass is 10.2. The van der Waals surface area contributed by atoms with Crippen molar-refractivity contribution in [1.82, 2.24) is 5.32 Å². The third-order valence-electron chi connectivity index (χ3n) is 2.48. The van der Waals surface area contributed by atoms with Crippen LogP contribution in [0.15, 0.2) is 16.5 Å². The number of aliphatic hydroxyl groups is 1. The topological polar surface area (TPSA) is 54.6 Å². The summed E-state index contributed by atoms with van der Waals surface area (Å²) in [5.74, 6) is 1.89. The highest BCUT2D eigenvalue weighted by molar-refractivity contribution is 5.10. The molecule has 0 aliphatic carbocycles. The predicted octanol–water partition coefficient (Wildman–Crippen LogP) is 1.50. The van der Waals surface area contributed by atoms with E-state index in [0.29, 0.717) is 13.2 Å². The predicted molar refractivity (Wildman–Crippen MR) is 62.4 cm³/mol. The summed E-state index contributed by atoms with van der Waals surface area (Å²) in [4.78, 5) is 0. The van der Waals surface area contributed by atoms with Gasteiger partial charge in [0.2, 0.25) is 0 Å². The summed E-state index contributed by atoms with van der Waals surface area (Å²) in [6.07, 6.45) is 0.423. The number of methoxy groups -OCH3 is 1. The number of hydrogen-bond acceptors (Lipinski definition) is 4. The van der Waals surface area contributed by atoms with E-state index >= 15 is 0 Å². The molecule has 0 aliphatic rings. The van der Waals surface area contributed by atoms with Crippen molar-refractivity contribution in [3.05, 3.63) is 23.7 Å². The van der Waals surface area contributed by atoms with Crippen LogP contribution >= 0.6 is 0 Å². The fourth-order valence-electron chi connectivity index (χ4n) is 1.48. The van der Waals surface area contributed by atoms with Crippen molar-refractivity contribution in [1.29, 1.82) is 0 Å². The first-order chi connectivity index (χ1) is 7.67. The number of aliphatic hydroxyl groups excluding tert-OH is 1. The molecule has 2 atom stereocenters. The van der Waals surface area contributed by atoms with E-state index in [1.807, 2.05) is 19.1 Å².